The largest absolute Gasteiger partial charge is 0.416 e. The zero-order chi connectivity index (χ0) is 21.9. The minimum atomic E-state index is -4.47. The average molecular weight is 430 g/mol. The van der Waals surface area contributed by atoms with Gasteiger partial charge in [0.15, 0.2) is 5.82 Å². The summed E-state index contributed by atoms with van der Waals surface area (Å²) in [4.78, 5) is 17.5. The summed E-state index contributed by atoms with van der Waals surface area (Å²) in [6.07, 6.45) is 1.17. The van der Waals surface area contributed by atoms with Crippen LogP contribution >= 0.6 is 0 Å². The van der Waals surface area contributed by atoms with Crippen molar-refractivity contribution in [3.8, 4) is 5.82 Å². The second-order valence-corrected chi connectivity index (χ2v) is 7.43. The van der Waals surface area contributed by atoms with Crippen molar-refractivity contribution in [1.82, 2.24) is 20.1 Å². The second kappa shape index (κ2) is 8.50. The third kappa shape index (κ3) is 4.46. The number of aromatic nitrogens is 3. The standard InChI is InChI=1S/C22H21F3N4O2/c23-22(24,25)18-4-1-3-17(14-18)21(6-11-31-12-7-21)20(30)27-15-16-5-9-26-19(13-16)29-10-2-8-28-29/h1-5,8-10,13-14H,6-7,11-12,15H2,(H,27,30). The number of amides is 1. The third-order valence-corrected chi connectivity index (χ3v) is 5.53. The highest BCUT2D eigenvalue weighted by atomic mass is 19.4. The molecule has 6 nitrogen and oxygen atoms in total. The second-order valence-electron chi connectivity index (χ2n) is 7.43. The Hall–Kier alpha value is -3.20. The number of hydrogen-bond donors (Lipinski definition) is 1. The van der Waals surface area contributed by atoms with Crippen LogP contribution in [0, 0.1) is 0 Å². The first kappa shape index (κ1) is 21.0. The van der Waals surface area contributed by atoms with Crippen molar-refractivity contribution < 1.29 is 22.7 Å². The molecule has 0 spiro atoms. The third-order valence-electron chi connectivity index (χ3n) is 5.53. The molecule has 1 N–H and O–H groups in total. The zero-order valence-electron chi connectivity index (χ0n) is 16.6. The van der Waals surface area contributed by atoms with Crippen molar-refractivity contribution in [2.24, 2.45) is 0 Å². The van der Waals surface area contributed by atoms with Crippen LogP contribution in [0.3, 0.4) is 0 Å². The fourth-order valence-electron chi connectivity index (χ4n) is 3.81. The Morgan fingerprint density at radius 1 is 1.13 bits per heavy atom. The van der Waals surface area contributed by atoms with Crippen molar-refractivity contribution >= 4 is 5.91 Å². The summed E-state index contributed by atoms with van der Waals surface area (Å²) >= 11 is 0. The van der Waals surface area contributed by atoms with E-state index in [9.17, 15) is 18.0 Å². The molecule has 0 bridgehead atoms. The Morgan fingerprint density at radius 2 is 1.94 bits per heavy atom. The van der Waals surface area contributed by atoms with Crippen LogP contribution in [0.4, 0.5) is 13.2 Å². The lowest BCUT2D eigenvalue weighted by atomic mass is 9.73. The molecule has 0 unspecified atom stereocenters. The van der Waals surface area contributed by atoms with Crippen LogP contribution in [0.1, 0.15) is 29.5 Å². The van der Waals surface area contributed by atoms with Gasteiger partial charge < -0.3 is 10.1 Å². The van der Waals surface area contributed by atoms with Crippen LogP contribution in [-0.4, -0.2) is 33.9 Å². The number of ether oxygens (including phenoxy) is 1. The number of hydrogen-bond acceptors (Lipinski definition) is 4. The van der Waals surface area contributed by atoms with Gasteiger partial charge in [0.25, 0.3) is 0 Å². The van der Waals surface area contributed by atoms with Gasteiger partial charge in [-0.1, -0.05) is 18.2 Å². The molecule has 0 aliphatic carbocycles. The molecule has 1 saturated heterocycles. The summed E-state index contributed by atoms with van der Waals surface area (Å²) in [6.45, 7) is 0.835. The molecule has 0 radical (unpaired) electrons. The topological polar surface area (TPSA) is 69.0 Å². The van der Waals surface area contributed by atoms with Gasteiger partial charge in [0.2, 0.25) is 5.91 Å². The highest BCUT2D eigenvalue weighted by Crippen LogP contribution is 2.38. The molecule has 3 aromatic rings. The quantitative estimate of drug-likeness (QED) is 0.671. The van der Waals surface area contributed by atoms with Crippen LogP contribution < -0.4 is 5.32 Å². The Kier molecular flexibility index (Phi) is 5.77. The molecule has 1 aromatic carbocycles. The van der Waals surface area contributed by atoms with Gasteiger partial charge in [-0.2, -0.15) is 18.3 Å². The van der Waals surface area contributed by atoms with E-state index < -0.39 is 17.2 Å². The normalized spacial score (nSPS) is 16.1. The maximum Gasteiger partial charge on any atom is 0.416 e. The van der Waals surface area contributed by atoms with E-state index in [-0.39, 0.29) is 12.5 Å². The summed E-state index contributed by atoms with van der Waals surface area (Å²) in [6, 6.07) is 10.4. The lowest BCUT2D eigenvalue weighted by Crippen LogP contribution is -2.48. The summed E-state index contributed by atoms with van der Waals surface area (Å²) in [5.74, 6) is 0.294. The first-order chi connectivity index (χ1) is 14.9. The van der Waals surface area contributed by atoms with Crippen molar-refractivity contribution in [2.45, 2.75) is 31.0 Å². The van der Waals surface area contributed by atoms with Crippen LogP contribution in [-0.2, 0) is 27.7 Å². The van der Waals surface area contributed by atoms with Crippen molar-refractivity contribution in [1.29, 1.82) is 0 Å². The molecule has 1 aliphatic rings. The van der Waals surface area contributed by atoms with Gasteiger partial charge >= 0.3 is 6.18 Å². The minimum Gasteiger partial charge on any atom is -0.381 e. The Bertz CT molecular complexity index is 1040. The lowest BCUT2D eigenvalue weighted by Gasteiger charge is -2.36. The van der Waals surface area contributed by atoms with E-state index in [2.05, 4.69) is 15.4 Å². The van der Waals surface area contributed by atoms with Crippen molar-refractivity contribution in [3.63, 3.8) is 0 Å². The predicted octanol–water partition coefficient (Wildman–Crippen LogP) is 3.65. The fourth-order valence-corrected chi connectivity index (χ4v) is 3.81. The number of carbonyl (C=O) groups excluding carboxylic acids is 1. The van der Waals surface area contributed by atoms with Gasteiger partial charge in [-0.15, -0.1) is 0 Å². The average Bonchev–Trinajstić information content (AvgIpc) is 3.33. The van der Waals surface area contributed by atoms with E-state index in [1.807, 2.05) is 0 Å². The van der Waals surface area contributed by atoms with Crippen LogP contribution in [0.2, 0.25) is 0 Å². The van der Waals surface area contributed by atoms with Gasteiger partial charge in [-0.3, -0.25) is 4.79 Å². The predicted molar refractivity (Wildman–Crippen MR) is 106 cm³/mol. The van der Waals surface area contributed by atoms with Crippen molar-refractivity contribution in [3.05, 3.63) is 77.7 Å². The Morgan fingerprint density at radius 3 is 2.65 bits per heavy atom. The summed E-state index contributed by atoms with van der Waals surface area (Å²) in [5.41, 5.74) is -0.672. The van der Waals surface area contributed by atoms with Gasteiger partial charge in [-0.05, 0) is 48.2 Å². The van der Waals surface area contributed by atoms with Gasteiger partial charge in [0, 0.05) is 38.3 Å². The van der Waals surface area contributed by atoms with E-state index in [1.165, 1.54) is 6.07 Å². The van der Waals surface area contributed by atoms with Gasteiger partial charge in [0.1, 0.15) is 0 Å². The molecular weight excluding hydrogens is 409 g/mol. The Balaban J connectivity index is 1.57. The lowest BCUT2D eigenvalue weighted by molar-refractivity contribution is -0.138. The number of alkyl halides is 3. The number of benzene rings is 1. The minimum absolute atomic E-state index is 0.219. The molecule has 31 heavy (non-hydrogen) atoms. The number of nitrogens with one attached hydrogen (secondary N) is 1. The van der Waals surface area contributed by atoms with Crippen molar-refractivity contribution in [2.75, 3.05) is 13.2 Å². The first-order valence-electron chi connectivity index (χ1n) is 9.87. The molecule has 1 fully saturated rings. The summed E-state index contributed by atoms with van der Waals surface area (Å²) in [7, 11) is 0. The Labute approximate surface area is 177 Å². The van der Waals surface area contributed by atoms with E-state index in [1.54, 1.807) is 47.5 Å². The molecule has 9 heteroatoms. The monoisotopic (exact) mass is 430 g/mol. The number of rotatable bonds is 5. The first-order valence-corrected chi connectivity index (χ1v) is 9.87. The maximum absolute atomic E-state index is 13.3. The van der Waals surface area contributed by atoms with E-state index in [0.29, 0.717) is 37.4 Å². The molecule has 1 amide bonds. The molecule has 0 atom stereocenters. The van der Waals surface area contributed by atoms with E-state index in [4.69, 9.17) is 4.74 Å². The van der Waals surface area contributed by atoms with Crippen LogP contribution in [0.15, 0.2) is 61.1 Å². The number of carbonyl (C=O) groups is 1. The smallest absolute Gasteiger partial charge is 0.381 e. The zero-order valence-corrected chi connectivity index (χ0v) is 16.6. The SMILES string of the molecule is O=C(NCc1ccnc(-n2cccn2)c1)C1(c2cccc(C(F)(F)F)c2)CCOCC1. The van der Waals surface area contributed by atoms with E-state index in [0.717, 1.165) is 17.7 Å². The van der Waals surface area contributed by atoms with Gasteiger partial charge in [-0.25, -0.2) is 9.67 Å². The summed E-state index contributed by atoms with van der Waals surface area (Å²) in [5, 5.41) is 7.04. The maximum atomic E-state index is 13.3. The van der Waals surface area contributed by atoms with Crippen LogP contribution in [0.5, 0.6) is 0 Å². The molecule has 1 aliphatic heterocycles. The molecular formula is C22H21F3N4O2. The van der Waals surface area contributed by atoms with Crippen LogP contribution in [0.25, 0.3) is 5.82 Å². The molecule has 162 valence electrons. The molecule has 0 saturated carbocycles. The number of nitrogens with zero attached hydrogens (tertiary/aromatic N) is 3. The van der Waals surface area contributed by atoms with Gasteiger partial charge in [0.05, 0.1) is 11.0 Å². The fraction of sp³-hybridized carbons (Fsp3) is 0.318. The highest BCUT2D eigenvalue weighted by Gasteiger charge is 2.43. The molecule has 4 rings (SSSR count). The number of halogens is 3. The number of pyridine rings is 1. The van der Waals surface area contributed by atoms with E-state index >= 15 is 0 Å². The molecule has 3 heterocycles. The summed E-state index contributed by atoms with van der Waals surface area (Å²) < 4.78 is 46.7. The molecule has 2 aromatic heterocycles. The highest BCUT2D eigenvalue weighted by molar-refractivity contribution is 5.88.